The summed E-state index contributed by atoms with van der Waals surface area (Å²) in [6, 6.07) is 0. The number of hydrogen-bond acceptors (Lipinski definition) is 6. The highest BCUT2D eigenvalue weighted by Gasteiger charge is 2.31. The van der Waals surface area contributed by atoms with Crippen LogP contribution in [-0.2, 0) is 27.3 Å². The fourth-order valence-corrected chi connectivity index (χ4v) is 3.58. The molecule has 0 amide bonds. The predicted molar refractivity (Wildman–Crippen MR) is 118 cm³/mol. The van der Waals surface area contributed by atoms with E-state index in [9.17, 15) is 9.59 Å². The molecule has 0 bridgehead atoms. The summed E-state index contributed by atoms with van der Waals surface area (Å²) in [5.74, 6) is 0.844. The van der Waals surface area contributed by atoms with E-state index in [0.29, 0.717) is 43.9 Å². The van der Waals surface area contributed by atoms with Gasteiger partial charge in [0.2, 0.25) is 0 Å². The molecular weight excluding hydrogens is 382 g/mol. The number of methoxy groups -OCH3 is 1. The van der Waals surface area contributed by atoms with Crippen molar-refractivity contribution in [3.8, 4) is 5.75 Å². The molecule has 0 saturated heterocycles. The first-order chi connectivity index (χ1) is 14.3. The number of allylic oxidation sites excluding steroid dienone is 2. The van der Waals surface area contributed by atoms with Gasteiger partial charge in [-0.2, -0.15) is 0 Å². The first-order valence-corrected chi connectivity index (χ1v) is 10.7. The number of anilines is 1. The van der Waals surface area contributed by atoms with Gasteiger partial charge in [-0.25, -0.2) is 4.79 Å². The van der Waals surface area contributed by atoms with Crippen LogP contribution in [0.1, 0.15) is 74.0 Å². The SMILES string of the molecule is CCNc1c(C/C=C(\C)CCC(=O)OCCC(C)C)c(OC)c(C)c2c1C(=O)OC2. The van der Waals surface area contributed by atoms with Crippen LogP contribution in [0.3, 0.4) is 0 Å². The molecule has 0 aliphatic carbocycles. The third kappa shape index (κ3) is 5.77. The third-order valence-corrected chi connectivity index (χ3v) is 5.37. The Morgan fingerprint density at radius 3 is 2.67 bits per heavy atom. The van der Waals surface area contributed by atoms with Crippen molar-refractivity contribution in [2.45, 2.75) is 66.9 Å². The van der Waals surface area contributed by atoms with Gasteiger partial charge in [0, 0.05) is 24.1 Å². The zero-order valence-electron chi connectivity index (χ0n) is 19.1. The summed E-state index contributed by atoms with van der Waals surface area (Å²) >= 11 is 0. The lowest BCUT2D eigenvalue weighted by molar-refractivity contribution is -0.143. The van der Waals surface area contributed by atoms with Crippen molar-refractivity contribution < 1.29 is 23.8 Å². The van der Waals surface area contributed by atoms with E-state index in [0.717, 1.165) is 40.1 Å². The minimum atomic E-state index is -0.294. The van der Waals surface area contributed by atoms with Crippen LogP contribution in [0.4, 0.5) is 5.69 Å². The quantitative estimate of drug-likeness (QED) is 0.405. The van der Waals surface area contributed by atoms with Crippen LogP contribution in [0.2, 0.25) is 0 Å². The van der Waals surface area contributed by atoms with E-state index in [4.69, 9.17) is 14.2 Å². The van der Waals surface area contributed by atoms with E-state index in [1.807, 2.05) is 20.8 Å². The number of hydrogen-bond donors (Lipinski definition) is 1. The van der Waals surface area contributed by atoms with Crippen molar-refractivity contribution in [1.29, 1.82) is 0 Å². The number of ether oxygens (including phenoxy) is 3. The van der Waals surface area contributed by atoms with E-state index < -0.39 is 0 Å². The molecule has 1 heterocycles. The lowest BCUT2D eigenvalue weighted by Crippen LogP contribution is -2.11. The summed E-state index contributed by atoms with van der Waals surface area (Å²) in [6.45, 7) is 11.6. The molecule has 0 spiro atoms. The molecular formula is C24H35NO5. The molecule has 0 unspecified atom stereocenters. The summed E-state index contributed by atoms with van der Waals surface area (Å²) in [5.41, 5.74) is 5.27. The largest absolute Gasteiger partial charge is 0.496 e. The van der Waals surface area contributed by atoms with Gasteiger partial charge in [-0.1, -0.05) is 25.5 Å². The van der Waals surface area contributed by atoms with Gasteiger partial charge < -0.3 is 19.5 Å². The molecule has 1 aromatic carbocycles. The number of benzene rings is 1. The van der Waals surface area contributed by atoms with Crippen LogP contribution < -0.4 is 10.1 Å². The minimum Gasteiger partial charge on any atom is -0.496 e. The zero-order valence-corrected chi connectivity index (χ0v) is 19.1. The molecule has 1 N–H and O–H groups in total. The Hall–Kier alpha value is -2.50. The van der Waals surface area contributed by atoms with Crippen LogP contribution in [0.25, 0.3) is 0 Å². The van der Waals surface area contributed by atoms with Crippen LogP contribution in [0, 0.1) is 12.8 Å². The Labute approximate surface area is 180 Å². The fourth-order valence-electron chi connectivity index (χ4n) is 3.58. The normalized spacial score (nSPS) is 13.3. The van der Waals surface area contributed by atoms with E-state index in [-0.39, 0.29) is 18.5 Å². The Morgan fingerprint density at radius 1 is 1.30 bits per heavy atom. The van der Waals surface area contributed by atoms with Gasteiger partial charge >= 0.3 is 11.9 Å². The van der Waals surface area contributed by atoms with E-state index in [1.54, 1.807) is 7.11 Å². The van der Waals surface area contributed by atoms with Crippen LogP contribution in [-0.4, -0.2) is 32.2 Å². The van der Waals surface area contributed by atoms with Gasteiger partial charge in [-0.15, -0.1) is 0 Å². The van der Waals surface area contributed by atoms with Crippen LogP contribution in [0.5, 0.6) is 5.75 Å². The summed E-state index contributed by atoms with van der Waals surface area (Å²) in [4.78, 5) is 24.3. The van der Waals surface area contributed by atoms with Crippen LogP contribution >= 0.6 is 0 Å². The lowest BCUT2D eigenvalue weighted by atomic mass is 9.93. The van der Waals surface area contributed by atoms with Crippen molar-refractivity contribution in [2.24, 2.45) is 5.92 Å². The summed E-state index contributed by atoms with van der Waals surface area (Å²) in [7, 11) is 1.65. The Morgan fingerprint density at radius 2 is 2.03 bits per heavy atom. The monoisotopic (exact) mass is 417 g/mol. The maximum Gasteiger partial charge on any atom is 0.341 e. The number of esters is 2. The van der Waals surface area contributed by atoms with E-state index >= 15 is 0 Å². The van der Waals surface area contributed by atoms with Gasteiger partial charge in [0.25, 0.3) is 0 Å². The molecule has 6 nitrogen and oxygen atoms in total. The summed E-state index contributed by atoms with van der Waals surface area (Å²) in [6.07, 6.45) is 4.58. The average molecular weight is 418 g/mol. The molecule has 30 heavy (non-hydrogen) atoms. The molecule has 0 saturated carbocycles. The van der Waals surface area contributed by atoms with Crippen molar-refractivity contribution >= 4 is 17.6 Å². The van der Waals surface area contributed by atoms with Crippen molar-refractivity contribution in [2.75, 3.05) is 25.6 Å². The van der Waals surface area contributed by atoms with Gasteiger partial charge in [0.05, 0.1) is 25.0 Å². The van der Waals surface area contributed by atoms with Gasteiger partial charge in [0.15, 0.2) is 0 Å². The van der Waals surface area contributed by atoms with Gasteiger partial charge in [0.1, 0.15) is 12.4 Å². The number of rotatable bonds is 11. The standard InChI is InChI=1S/C24H35NO5/c1-7-25-22-18(23(28-6)17(5)19-14-30-24(27)21(19)22)10-8-16(4)9-11-20(26)29-13-12-15(2)3/h8,15,25H,7,9-14H2,1-6H3/b16-8+. The Balaban J connectivity index is 2.15. The van der Waals surface area contributed by atoms with Gasteiger partial charge in [-0.05, 0) is 51.5 Å². The fraction of sp³-hybridized carbons (Fsp3) is 0.583. The maximum absolute atomic E-state index is 12.3. The Kier molecular flexibility index (Phi) is 8.75. The number of carbonyl (C=O) groups is 2. The Bertz CT molecular complexity index is 811. The molecule has 0 fully saturated rings. The molecule has 1 aliphatic heterocycles. The highest BCUT2D eigenvalue weighted by molar-refractivity contribution is 6.01. The highest BCUT2D eigenvalue weighted by atomic mass is 16.5. The molecule has 1 aliphatic rings. The number of nitrogens with one attached hydrogen (secondary N) is 1. The number of fused-ring (bicyclic) bond motifs is 1. The smallest absolute Gasteiger partial charge is 0.341 e. The molecule has 0 radical (unpaired) electrons. The van der Waals surface area contributed by atoms with Crippen molar-refractivity contribution in [3.63, 3.8) is 0 Å². The van der Waals surface area contributed by atoms with Crippen molar-refractivity contribution in [1.82, 2.24) is 0 Å². The van der Waals surface area contributed by atoms with Gasteiger partial charge in [-0.3, -0.25) is 4.79 Å². The topological polar surface area (TPSA) is 73.9 Å². The van der Waals surface area contributed by atoms with E-state index in [1.165, 1.54) is 0 Å². The van der Waals surface area contributed by atoms with Crippen molar-refractivity contribution in [3.05, 3.63) is 33.9 Å². The average Bonchev–Trinajstić information content (AvgIpc) is 3.08. The number of carbonyl (C=O) groups excluding carboxylic acids is 2. The molecule has 0 aromatic heterocycles. The number of cyclic esters (lactones) is 1. The molecule has 166 valence electrons. The maximum atomic E-state index is 12.3. The molecule has 0 atom stereocenters. The molecule has 1 aromatic rings. The second kappa shape index (κ2) is 11.0. The first-order valence-electron chi connectivity index (χ1n) is 10.7. The third-order valence-electron chi connectivity index (χ3n) is 5.37. The first kappa shape index (κ1) is 23.8. The molecule has 2 rings (SSSR count). The lowest BCUT2D eigenvalue weighted by Gasteiger charge is -2.19. The second-order valence-electron chi connectivity index (χ2n) is 8.13. The highest BCUT2D eigenvalue weighted by Crippen LogP contribution is 2.41. The summed E-state index contributed by atoms with van der Waals surface area (Å²) in [5, 5.41) is 3.33. The van der Waals surface area contributed by atoms with Crippen LogP contribution in [0.15, 0.2) is 11.6 Å². The second-order valence-corrected chi connectivity index (χ2v) is 8.13. The minimum absolute atomic E-state index is 0.162. The predicted octanol–water partition coefficient (Wildman–Crippen LogP) is 4.96. The summed E-state index contributed by atoms with van der Waals surface area (Å²) < 4.78 is 16.3. The zero-order chi connectivity index (χ0) is 22.3. The van der Waals surface area contributed by atoms with E-state index in [2.05, 4.69) is 25.2 Å². The molecule has 6 heteroatoms.